The van der Waals surface area contributed by atoms with E-state index < -0.39 is 17.7 Å². The van der Waals surface area contributed by atoms with Crippen LogP contribution in [0.3, 0.4) is 0 Å². The van der Waals surface area contributed by atoms with Crippen LogP contribution in [-0.2, 0) is 9.59 Å². The molecular weight excluding hydrogens is 474 g/mol. The summed E-state index contributed by atoms with van der Waals surface area (Å²) in [6.45, 7) is 2.11. The Morgan fingerprint density at radius 3 is 2.66 bits per heavy atom. The number of carbonyl (C=O) groups is 2. The summed E-state index contributed by atoms with van der Waals surface area (Å²) in [5, 5.41) is 21.8. The van der Waals surface area contributed by atoms with Crippen LogP contribution in [0.25, 0.3) is 5.76 Å². The SMILES string of the molecule is CCOc1cc(C2/C(=C(\O)c3cccc(Cl)c3)C(=O)C(=O)N2c2ccc3c(c2)OCO3)ccc1O. The Hall–Kier alpha value is -4.17. The van der Waals surface area contributed by atoms with Crippen LogP contribution in [-0.4, -0.2) is 35.3 Å². The van der Waals surface area contributed by atoms with Gasteiger partial charge in [-0.05, 0) is 48.9 Å². The van der Waals surface area contributed by atoms with Gasteiger partial charge in [0.05, 0.1) is 18.2 Å². The zero-order valence-corrected chi connectivity index (χ0v) is 19.3. The number of ether oxygens (including phenoxy) is 3. The molecule has 8 nitrogen and oxygen atoms in total. The van der Waals surface area contributed by atoms with Crippen molar-refractivity contribution in [3.05, 3.63) is 82.4 Å². The van der Waals surface area contributed by atoms with Gasteiger partial charge < -0.3 is 24.4 Å². The zero-order chi connectivity index (χ0) is 24.7. The Balaban J connectivity index is 1.72. The maximum Gasteiger partial charge on any atom is 0.300 e. The summed E-state index contributed by atoms with van der Waals surface area (Å²) in [6.07, 6.45) is 0. The lowest BCUT2D eigenvalue weighted by Gasteiger charge is -2.26. The Bertz CT molecular complexity index is 1380. The number of nitrogens with zero attached hydrogens (tertiary/aromatic N) is 1. The number of fused-ring (bicyclic) bond motifs is 1. The van der Waals surface area contributed by atoms with Crippen LogP contribution in [0.1, 0.15) is 24.1 Å². The van der Waals surface area contributed by atoms with Crippen molar-refractivity contribution in [2.75, 3.05) is 18.3 Å². The average Bonchev–Trinajstić information content (AvgIpc) is 3.42. The molecule has 3 aromatic rings. The first-order valence-corrected chi connectivity index (χ1v) is 11.2. The van der Waals surface area contributed by atoms with E-state index in [1.807, 2.05) is 0 Å². The smallest absolute Gasteiger partial charge is 0.300 e. The van der Waals surface area contributed by atoms with E-state index in [4.69, 9.17) is 25.8 Å². The van der Waals surface area contributed by atoms with E-state index in [2.05, 4.69) is 0 Å². The molecule has 1 amide bonds. The molecule has 0 saturated carbocycles. The van der Waals surface area contributed by atoms with E-state index in [0.717, 1.165) is 0 Å². The minimum Gasteiger partial charge on any atom is -0.507 e. The van der Waals surface area contributed by atoms with Crippen LogP contribution in [0.2, 0.25) is 5.02 Å². The van der Waals surface area contributed by atoms with Crippen molar-refractivity contribution in [2.45, 2.75) is 13.0 Å². The third-order valence-electron chi connectivity index (χ3n) is 5.78. The van der Waals surface area contributed by atoms with Crippen molar-refractivity contribution in [3.8, 4) is 23.0 Å². The average molecular weight is 494 g/mol. The number of phenols is 1. The number of phenolic OH excluding ortho intramolecular Hbond substituents is 1. The standard InChI is InChI=1S/C26H20ClNO7/c1-2-33-20-11-14(6-8-18(20)29)23-22(24(30)15-4-3-5-16(27)10-15)25(31)26(32)28(23)17-7-9-19-21(12-17)35-13-34-19/h3-12,23,29-30H,2,13H2,1H3/b24-22+. The van der Waals surface area contributed by atoms with Crippen LogP contribution in [0, 0.1) is 0 Å². The Morgan fingerprint density at radius 2 is 1.89 bits per heavy atom. The number of hydrogen-bond acceptors (Lipinski definition) is 7. The molecule has 3 aromatic carbocycles. The molecule has 178 valence electrons. The van der Waals surface area contributed by atoms with Crippen molar-refractivity contribution in [3.63, 3.8) is 0 Å². The van der Waals surface area contributed by atoms with Crippen molar-refractivity contribution < 1.29 is 34.0 Å². The molecule has 0 radical (unpaired) electrons. The first kappa shape index (κ1) is 22.6. The monoisotopic (exact) mass is 493 g/mol. The molecule has 2 N–H and O–H groups in total. The number of rotatable bonds is 5. The highest BCUT2D eigenvalue weighted by molar-refractivity contribution is 6.51. The Morgan fingerprint density at radius 1 is 1.09 bits per heavy atom. The van der Waals surface area contributed by atoms with Gasteiger partial charge >= 0.3 is 0 Å². The maximum absolute atomic E-state index is 13.3. The summed E-state index contributed by atoms with van der Waals surface area (Å²) in [4.78, 5) is 27.9. The number of aliphatic hydroxyl groups is 1. The second-order valence-corrected chi connectivity index (χ2v) is 8.31. The minimum absolute atomic E-state index is 0.0471. The van der Waals surface area contributed by atoms with Gasteiger partial charge in [0.1, 0.15) is 5.76 Å². The molecule has 1 atom stereocenters. The molecule has 0 spiro atoms. The van der Waals surface area contributed by atoms with Gasteiger partial charge in [-0.15, -0.1) is 0 Å². The number of aromatic hydroxyl groups is 1. The molecule has 1 fully saturated rings. The summed E-state index contributed by atoms with van der Waals surface area (Å²) in [5.41, 5.74) is 0.988. The van der Waals surface area contributed by atoms with E-state index in [1.54, 1.807) is 55.5 Å². The van der Waals surface area contributed by atoms with E-state index in [1.165, 1.54) is 17.0 Å². The molecule has 1 unspecified atom stereocenters. The summed E-state index contributed by atoms with van der Waals surface area (Å²) in [7, 11) is 0. The number of carbonyl (C=O) groups excluding carboxylic acids is 2. The fraction of sp³-hybridized carbons (Fsp3) is 0.154. The van der Waals surface area contributed by atoms with E-state index >= 15 is 0 Å². The highest BCUT2D eigenvalue weighted by Gasteiger charge is 2.47. The van der Waals surface area contributed by atoms with Crippen LogP contribution >= 0.6 is 11.6 Å². The highest BCUT2D eigenvalue weighted by atomic mass is 35.5. The lowest BCUT2D eigenvalue weighted by Crippen LogP contribution is -2.29. The number of ketones is 1. The quantitative estimate of drug-likeness (QED) is 0.299. The van der Waals surface area contributed by atoms with Gasteiger partial charge in [-0.3, -0.25) is 14.5 Å². The lowest BCUT2D eigenvalue weighted by atomic mass is 9.94. The van der Waals surface area contributed by atoms with Gasteiger partial charge in [0, 0.05) is 22.3 Å². The van der Waals surface area contributed by atoms with Crippen LogP contribution < -0.4 is 19.1 Å². The largest absolute Gasteiger partial charge is 0.507 e. The van der Waals surface area contributed by atoms with Crippen LogP contribution in [0.4, 0.5) is 5.69 Å². The molecule has 2 aliphatic heterocycles. The minimum atomic E-state index is -1.02. The number of hydrogen-bond donors (Lipinski definition) is 2. The van der Waals surface area contributed by atoms with Crippen molar-refractivity contribution in [1.82, 2.24) is 0 Å². The van der Waals surface area contributed by atoms with Gasteiger partial charge in [-0.25, -0.2) is 0 Å². The van der Waals surface area contributed by atoms with E-state index in [0.29, 0.717) is 34.4 Å². The van der Waals surface area contributed by atoms with Gasteiger partial charge in [-0.2, -0.15) is 0 Å². The van der Waals surface area contributed by atoms with E-state index in [-0.39, 0.29) is 35.2 Å². The molecular formula is C26H20ClNO7. The number of halogens is 1. The normalized spacial score (nSPS) is 18.2. The molecule has 35 heavy (non-hydrogen) atoms. The summed E-state index contributed by atoms with van der Waals surface area (Å²) >= 11 is 6.10. The number of Topliss-reactive ketones (excluding diaryl/α,β-unsaturated/α-hetero) is 1. The third-order valence-corrected chi connectivity index (χ3v) is 6.01. The highest BCUT2D eigenvalue weighted by Crippen LogP contribution is 2.46. The predicted molar refractivity (Wildman–Crippen MR) is 128 cm³/mol. The van der Waals surface area contributed by atoms with Crippen molar-refractivity contribution in [1.29, 1.82) is 0 Å². The molecule has 9 heteroatoms. The van der Waals surface area contributed by atoms with Gasteiger partial charge in [0.2, 0.25) is 6.79 Å². The molecule has 5 rings (SSSR count). The Labute approximate surface area is 205 Å². The number of benzene rings is 3. The fourth-order valence-corrected chi connectivity index (χ4v) is 4.40. The predicted octanol–water partition coefficient (Wildman–Crippen LogP) is 4.80. The second-order valence-electron chi connectivity index (χ2n) is 7.88. The van der Waals surface area contributed by atoms with Gasteiger partial charge in [-0.1, -0.05) is 29.8 Å². The third kappa shape index (κ3) is 3.91. The topological polar surface area (TPSA) is 106 Å². The summed E-state index contributed by atoms with van der Waals surface area (Å²) in [5.74, 6) is -1.03. The maximum atomic E-state index is 13.3. The molecule has 0 bridgehead atoms. The van der Waals surface area contributed by atoms with Crippen molar-refractivity contribution >= 4 is 34.7 Å². The zero-order valence-electron chi connectivity index (χ0n) is 18.5. The van der Waals surface area contributed by atoms with E-state index in [9.17, 15) is 19.8 Å². The number of amides is 1. The van der Waals surface area contributed by atoms with Crippen molar-refractivity contribution in [2.24, 2.45) is 0 Å². The van der Waals surface area contributed by atoms with Crippen LogP contribution in [0.5, 0.6) is 23.0 Å². The molecule has 0 aromatic heterocycles. The Kier molecular flexibility index (Phi) is 5.74. The molecule has 2 heterocycles. The second kappa shape index (κ2) is 8.88. The molecule has 0 aliphatic carbocycles. The lowest BCUT2D eigenvalue weighted by molar-refractivity contribution is -0.132. The fourth-order valence-electron chi connectivity index (χ4n) is 4.21. The van der Waals surface area contributed by atoms with Gasteiger partial charge in [0.25, 0.3) is 11.7 Å². The first-order valence-electron chi connectivity index (χ1n) is 10.8. The molecule has 1 saturated heterocycles. The van der Waals surface area contributed by atoms with Crippen LogP contribution in [0.15, 0.2) is 66.2 Å². The summed E-state index contributed by atoms with van der Waals surface area (Å²) < 4.78 is 16.3. The first-order chi connectivity index (χ1) is 16.9. The summed E-state index contributed by atoms with van der Waals surface area (Å²) in [6, 6.07) is 14.8. The number of aliphatic hydroxyl groups excluding tert-OH is 1. The molecule has 2 aliphatic rings. The van der Waals surface area contributed by atoms with Gasteiger partial charge in [0.15, 0.2) is 23.0 Å². The number of anilines is 1.